The molecule has 0 bridgehead atoms. The molecule has 23 heavy (non-hydrogen) atoms. The van der Waals surface area contributed by atoms with Crippen molar-refractivity contribution in [1.82, 2.24) is 4.98 Å². The van der Waals surface area contributed by atoms with Gasteiger partial charge < -0.3 is 4.74 Å². The summed E-state index contributed by atoms with van der Waals surface area (Å²) in [5, 5.41) is -0.0764. The number of halogens is 4. The van der Waals surface area contributed by atoms with Crippen molar-refractivity contribution in [3.05, 3.63) is 46.8 Å². The van der Waals surface area contributed by atoms with Crippen LogP contribution in [0.5, 0.6) is 0 Å². The first-order valence-corrected chi connectivity index (χ1v) is 7.46. The van der Waals surface area contributed by atoms with Crippen LogP contribution in [0.4, 0.5) is 13.2 Å². The van der Waals surface area contributed by atoms with E-state index in [9.17, 15) is 18.0 Å². The van der Waals surface area contributed by atoms with E-state index in [1.54, 1.807) is 19.1 Å². The van der Waals surface area contributed by atoms with E-state index >= 15 is 0 Å². The highest BCUT2D eigenvalue weighted by Gasteiger charge is 2.31. The SMILES string of the molecule is CCOC(=O)CC1C=C(c2ncc(C(F)(F)F)cc2Cl)C=CC1. The number of nitrogens with zero attached hydrogens (tertiary/aromatic N) is 1. The molecule has 2 rings (SSSR count). The van der Waals surface area contributed by atoms with Gasteiger partial charge in [0.15, 0.2) is 0 Å². The van der Waals surface area contributed by atoms with Crippen molar-refractivity contribution in [1.29, 1.82) is 0 Å². The van der Waals surface area contributed by atoms with Gasteiger partial charge in [-0.15, -0.1) is 0 Å². The molecule has 1 heterocycles. The third-order valence-corrected chi connectivity index (χ3v) is 3.62. The first-order chi connectivity index (χ1) is 10.8. The van der Waals surface area contributed by atoms with Crippen LogP contribution in [0, 0.1) is 5.92 Å². The molecule has 1 aliphatic carbocycles. The predicted octanol–water partition coefficient (Wildman–Crippen LogP) is 4.67. The average molecular weight is 346 g/mol. The number of hydrogen-bond acceptors (Lipinski definition) is 3. The van der Waals surface area contributed by atoms with Crippen LogP contribution in [0.2, 0.25) is 5.02 Å². The van der Waals surface area contributed by atoms with Crippen LogP contribution >= 0.6 is 11.6 Å². The number of allylic oxidation sites excluding steroid dienone is 4. The van der Waals surface area contributed by atoms with Gasteiger partial charge in [-0.2, -0.15) is 13.2 Å². The van der Waals surface area contributed by atoms with Crippen LogP contribution in [0.3, 0.4) is 0 Å². The molecule has 0 fully saturated rings. The van der Waals surface area contributed by atoms with Crippen LogP contribution < -0.4 is 0 Å². The van der Waals surface area contributed by atoms with Gasteiger partial charge in [0.25, 0.3) is 0 Å². The van der Waals surface area contributed by atoms with Crippen molar-refractivity contribution in [2.75, 3.05) is 6.61 Å². The maximum absolute atomic E-state index is 12.6. The van der Waals surface area contributed by atoms with Gasteiger partial charge in [0.2, 0.25) is 0 Å². The van der Waals surface area contributed by atoms with E-state index in [1.807, 2.05) is 6.08 Å². The molecule has 1 aliphatic rings. The maximum Gasteiger partial charge on any atom is 0.417 e. The molecule has 1 aromatic heterocycles. The number of pyridine rings is 1. The van der Waals surface area contributed by atoms with E-state index < -0.39 is 11.7 Å². The Morgan fingerprint density at radius 2 is 2.22 bits per heavy atom. The van der Waals surface area contributed by atoms with Gasteiger partial charge in [0, 0.05) is 6.20 Å². The van der Waals surface area contributed by atoms with E-state index in [1.165, 1.54) is 0 Å². The lowest BCUT2D eigenvalue weighted by molar-refractivity contribution is -0.143. The molecule has 0 saturated carbocycles. The second-order valence-corrected chi connectivity index (χ2v) is 5.49. The van der Waals surface area contributed by atoms with E-state index in [0.29, 0.717) is 18.6 Å². The Morgan fingerprint density at radius 3 is 2.83 bits per heavy atom. The molecule has 0 N–H and O–H groups in total. The third-order valence-electron chi connectivity index (χ3n) is 3.33. The molecule has 0 radical (unpaired) electrons. The maximum atomic E-state index is 12.6. The largest absolute Gasteiger partial charge is 0.466 e. The van der Waals surface area contributed by atoms with Crippen LogP contribution in [0.15, 0.2) is 30.5 Å². The molecule has 1 unspecified atom stereocenters. The van der Waals surface area contributed by atoms with Gasteiger partial charge in [-0.25, -0.2) is 0 Å². The lowest BCUT2D eigenvalue weighted by Gasteiger charge is -2.17. The summed E-state index contributed by atoms with van der Waals surface area (Å²) < 4.78 is 42.8. The fourth-order valence-corrected chi connectivity index (χ4v) is 2.56. The lowest BCUT2D eigenvalue weighted by atomic mass is 9.92. The number of rotatable bonds is 4. The zero-order chi connectivity index (χ0) is 17.0. The topological polar surface area (TPSA) is 39.2 Å². The first kappa shape index (κ1) is 17.5. The van der Waals surface area contributed by atoms with Crippen molar-refractivity contribution >= 4 is 23.1 Å². The van der Waals surface area contributed by atoms with Crippen LogP contribution in [-0.2, 0) is 15.7 Å². The zero-order valence-electron chi connectivity index (χ0n) is 12.4. The number of aromatic nitrogens is 1. The highest BCUT2D eigenvalue weighted by atomic mass is 35.5. The molecule has 1 aromatic rings. The number of hydrogen-bond donors (Lipinski definition) is 0. The van der Waals surface area contributed by atoms with Crippen molar-refractivity contribution in [3.63, 3.8) is 0 Å². The minimum Gasteiger partial charge on any atom is -0.466 e. The number of alkyl halides is 3. The highest BCUT2D eigenvalue weighted by Crippen LogP contribution is 2.34. The fraction of sp³-hybridized carbons (Fsp3) is 0.375. The van der Waals surface area contributed by atoms with Crippen LogP contribution in [0.25, 0.3) is 5.57 Å². The minimum atomic E-state index is -4.49. The Morgan fingerprint density at radius 1 is 1.48 bits per heavy atom. The molecule has 124 valence electrons. The molecular weight excluding hydrogens is 331 g/mol. The summed E-state index contributed by atoms with van der Waals surface area (Å²) in [5.41, 5.74) is -0.0246. The zero-order valence-corrected chi connectivity index (χ0v) is 13.1. The van der Waals surface area contributed by atoms with Crippen molar-refractivity contribution in [2.45, 2.75) is 25.9 Å². The second-order valence-electron chi connectivity index (χ2n) is 5.08. The Balaban J connectivity index is 2.22. The molecule has 0 aromatic carbocycles. The van der Waals surface area contributed by atoms with Gasteiger partial charge in [0.05, 0.1) is 29.3 Å². The van der Waals surface area contributed by atoms with Crippen LogP contribution in [0.1, 0.15) is 31.0 Å². The molecule has 1 atom stereocenters. The molecule has 3 nitrogen and oxygen atoms in total. The minimum absolute atomic E-state index is 0.0764. The van der Waals surface area contributed by atoms with Crippen molar-refractivity contribution < 1.29 is 22.7 Å². The Kier molecular flexibility index (Phi) is 5.46. The average Bonchev–Trinajstić information content (AvgIpc) is 2.46. The summed E-state index contributed by atoms with van der Waals surface area (Å²) in [6.45, 7) is 2.04. The predicted molar refractivity (Wildman–Crippen MR) is 80.7 cm³/mol. The quantitative estimate of drug-likeness (QED) is 0.745. The Hall–Kier alpha value is -1.82. The van der Waals surface area contributed by atoms with Crippen molar-refractivity contribution in [3.8, 4) is 0 Å². The van der Waals surface area contributed by atoms with Gasteiger partial charge in [0.1, 0.15) is 0 Å². The van der Waals surface area contributed by atoms with E-state index in [0.717, 1.165) is 12.3 Å². The number of carbonyl (C=O) groups excluding carboxylic acids is 1. The van der Waals surface area contributed by atoms with E-state index in [4.69, 9.17) is 16.3 Å². The van der Waals surface area contributed by atoms with Gasteiger partial charge in [-0.1, -0.05) is 29.8 Å². The third kappa shape index (κ3) is 4.58. The van der Waals surface area contributed by atoms with E-state index in [-0.39, 0.29) is 29.0 Å². The molecule has 0 amide bonds. The lowest BCUT2D eigenvalue weighted by Crippen LogP contribution is -2.12. The normalized spacial score (nSPS) is 17.8. The standard InChI is InChI=1S/C16H15ClF3NO2/c1-2-23-14(22)7-10-4-3-5-11(6-10)15-13(17)8-12(9-21-15)16(18,19)20/h3,5-6,8-10H,2,4,7H2,1H3. The number of carbonyl (C=O) groups is 1. The highest BCUT2D eigenvalue weighted by molar-refractivity contribution is 6.32. The Labute approximate surface area is 136 Å². The molecule has 0 spiro atoms. The number of esters is 1. The van der Waals surface area contributed by atoms with Crippen LogP contribution in [-0.4, -0.2) is 17.6 Å². The fourth-order valence-electron chi connectivity index (χ4n) is 2.29. The Bertz CT molecular complexity index is 653. The monoisotopic (exact) mass is 345 g/mol. The molecule has 7 heteroatoms. The molecular formula is C16H15ClF3NO2. The smallest absolute Gasteiger partial charge is 0.417 e. The summed E-state index contributed by atoms with van der Waals surface area (Å²) in [5.74, 6) is -0.399. The van der Waals surface area contributed by atoms with Gasteiger partial charge in [-0.3, -0.25) is 9.78 Å². The summed E-state index contributed by atoms with van der Waals surface area (Å²) in [4.78, 5) is 15.4. The van der Waals surface area contributed by atoms with E-state index in [2.05, 4.69) is 4.98 Å². The number of ether oxygens (including phenoxy) is 1. The van der Waals surface area contributed by atoms with Crippen molar-refractivity contribution in [2.24, 2.45) is 5.92 Å². The second kappa shape index (κ2) is 7.17. The summed E-state index contributed by atoms with van der Waals surface area (Å²) in [6.07, 6.45) is 2.50. The summed E-state index contributed by atoms with van der Waals surface area (Å²) >= 11 is 5.94. The summed E-state index contributed by atoms with van der Waals surface area (Å²) in [6, 6.07) is 0.855. The summed E-state index contributed by atoms with van der Waals surface area (Å²) in [7, 11) is 0. The molecule has 0 aliphatic heterocycles. The first-order valence-electron chi connectivity index (χ1n) is 7.08. The van der Waals surface area contributed by atoms with Gasteiger partial charge in [-0.05, 0) is 30.9 Å². The van der Waals surface area contributed by atoms with Gasteiger partial charge >= 0.3 is 12.1 Å². The molecule has 0 saturated heterocycles.